The van der Waals surface area contributed by atoms with E-state index in [4.69, 9.17) is 0 Å². The van der Waals surface area contributed by atoms with E-state index in [1.165, 1.54) is 4.88 Å². The second kappa shape index (κ2) is 5.36. The van der Waals surface area contributed by atoms with Gasteiger partial charge in [0.25, 0.3) is 5.91 Å². The van der Waals surface area contributed by atoms with Crippen molar-refractivity contribution in [2.75, 3.05) is 0 Å². The minimum Gasteiger partial charge on any atom is -0.342 e. The van der Waals surface area contributed by atoms with Crippen LogP contribution >= 0.6 is 11.3 Å². The van der Waals surface area contributed by atoms with Gasteiger partial charge in [0, 0.05) is 15.2 Å². The molecule has 2 heterocycles. The fourth-order valence-electron chi connectivity index (χ4n) is 1.72. The third-order valence-corrected chi connectivity index (χ3v) is 4.12. The predicted molar refractivity (Wildman–Crippen MR) is 80.0 cm³/mol. The number of H-pyrrole nitrogens is 1. The van der Waals surface area contributed by atoms with Gasteiger partial charge in [0.1, 0.15) is 5.82 Å². The van der Waals surface area contributed by atoms with Crippen molar-refractivity contribution < 1.29 is 4.79 Å². The molecule has 0 spiro atoms. The van der Waals surface area contributed by atoms with Crippen LogP contribution in [0.15, 0.2) is 12.1 Å². The summed E-state index contributed by atoms with van der Waals surface area (Å²) >= 11 is 1.68. The number of aromatic amines is 1. The SMILES string of the molecule is Cc1ccc(C(C)NC(=O)c2n[nH]c(C(C)(C)C)n2)s1. The van der Waals surface area contributed by atoms with Crippen LogP contribution in [0.3, 0.4) is 0 Å². The molecule has 2 aromatic rings. The van der Waals surface area contributed by atoms with Gasteiger partial charge in [-0.3, -0.25) is 9.89 Å². The highest BCUT2D eigenvalue weighted by Gasteiger charge is 2.22. The Morgan fingerprint density at radius 1 is 1.40 bits per heavy atom. The first kappa shape index (κ1) is 14.7. The van der Waals surface area contributed by atoms with E-state index >= 15 is 0 Å². The molecule has 0 saturated carbocycles. The number of amides is 1. The molecule has 2 N–H and O–H groups in total. The maximum Gasteiger partial charge on any atom is 0.291 e. The van der Waals surface area contributed by atoms with E-state index in [9.17, 15) is 4.79 Å². The molecule has 0 aliphatic carbocycles. The molecule has 0 saturated heterocycles. The van der Waals surface area contributed by atoms with Crippen molar-refractivity contribution in [3.05, 3.63) is 33.5 Å². The Labute approximate surface area is 122 Å². The molecule has 0 aliphatic heterocycles. The Bertz CT molecular complexity index is 609. The number of nitrogens with one attached hydrogen (secondary N) is 2. The zero-order valence-electron chi connectivity index (χ0n) is 12.4. The molecule has 2 aromatic heterocycles. The van der Waals surface area contributed by atoms with Crippen LogP contribution in [-0.2, 0) is 5.41 Å². The summed E-state index contributed by atoms with van der Waals surface area (Å²) < 4.78 is 0. The summed E-state index contributed by atoms with van der Waals surface area (Å²) in [6.07, 6.45) is 0. The minimum absolute atomic E-state index is 0.0437. The van der Waals surface area contributed by atoms with Gasteiger partial charge in [-0.05, 0) is 26.0 Å². The number of carbonyl (C=O) groups is 1. The van der Waals surface area contributed by atoms with Gasteiger partial charge in [0.05, 0.1) is 6.04 Å². The molecular formula is C14H20N4OS. The average Bonchev–Trinajstić information content (AvgIpc) is 2.95. The number of thiophene rings is 1. The van der Waals surface area contributed by atoms with E-state index in [0.29, 0.717) is 5.82 Å². The summed E-state index contributed by atoms with van der Waals surface area (Å²) in [5.74, 6) is 0.646. The van der Waals surface area contributed by atoms with E-state index in [-0.39, 0.29) is 23.2 Å². The Kier molecular flexibility index (Phi) is 3.94. The monoisotopic (exact) mass is 292 g/mol. The number of rotatable bonds is 3. The minimum atomic E-state index is -0.254. The number of aromatic nitrogens is 3. The molecule has 6 heteroatoms. The Morgan fingerprint density at radius 2 is 2.10 bits per heavy atom. The maximum atomic E-state index is 12.1. The third kappa shape index (κ3) is 3.25. The van der Waals surface area contributed by atoms with Crippen molar-refractivity contribution in [2.45, 2.75) is 46.1 Å². The van der Waals surface area contributed by atoms with Gasteiger partial charge < -0.3 is 5.32 Å². The van der Waals surface area contributed by atoms with Crippen LogP contribution in [0.25, 0.3) is 0 Å². The smallest absolute Gasteiger partial charge is 0.291 e. The first-order valence-electron chi connectivity index (χ1n) is 6.57. The van der Waals surface area contributed by atoms with E-state index in [1.54, 1.807) is 11.3 Å². The standard InChI is InChI=1S/C14H20N4OS/c1-8-6-7-10(20-8)9(2)15-12(19)11-16-13(18-17-11)14(3,4)5/h6-7,9H,1-5H3,(H,15,19)(H,16,17,18). The maximum absolute atomic E-state index is 12.1. The second-order valence-corrected chi connectivity index (χ2v) is 7.22. The van der Waals surface area contributed by atoms with Crippen LogP contribution in [0.5, 0.6) is 0 Å². The molecule has 0 bridgehead atoms. The van der Waals surface area contributed by atoms with Gasteiger partial charge in [-0.2, -0.15) is 0 Å². The van der Waals surface area contributed by atoms with Crippen molar-refractivity contribution >= 4 is 17.2 Å². The zero-order chi connectivity index (χ0) is 14.9. The number of hydrogen-bond donors (Lipinski definition) is 2. The molecule has 108 valence electrons. The van der Waals surface area contributed by atoms with Crippen LogP contribution < -0.4 is 5.32 Å². The highest BCUT2D eigenvalue weighted by atomic mass is 32.1. The lowest BCUT2D eigenvalue weighted by Gasteiger charge is -2.13. The lowest BCUT2D eigenvalue weighted by Crippen LogP contribution is -2.27. The van der Waals surface area contributed by atoms with E-state index < -0.39 is 0 Å². The summed E-state index contributed by atoms with van der Waals surface area (Å²) in [6, 6.07) is 4.04. The summed E-state index contributed by atoms with van der Waals surface area (Å²) in [6.45, 7) is 10.1. The van der Waals surface area contributed by atoms with E-state index in [0.717, 1.165) is 4.88 Å². The third-order valence-electron chi connectivity index (χ3n) is 2.93. The molecule has 2 rings (SSSR count). The molecule has 1 unspecified atom stereocenters. The Morgan fingerprint density at radius 3 is 2.60 bits per heavy atom. The molecular weight excluding hydrogens is 272 g/mol. The Hall–Kier alpha value is -1.69. The molecule has 0 aliphatic rings. The summed E-state index contributed by atoms with van der Waals surface area (Å²) in [5.41, 5.74) is -0.151. The van der Waals surface area contributed by atoms with Crippen LogP contribution in [0.1, 0.15) is 59.9 Å². The molecule has 0 aromatic carbocycles. The second-order valence-electron chi connectivity index (χ2n) is 5.90. The van der Waals surface area contributed by atoms with Crippen LogP contribution in [0.2, 0.25) is 0 Å². The molecule has 1 atom stereocenters. The fourth-order valence-corrected chi connectivity index (χ4v) is 2.60. The fraction of sp³-hybridized carbons (Fsp3) is 0.500. The molecule has 20 heavy (non-hydrogen) atoms. The topological polar surface area (TPSA) is 70.7 Å². The van der Waals surface area contributed by atoms with Gasteiger partial charge in [-0.25, -0.2) is 4.98 Å². The van der Waals surface area contributed by atoms with Crippen molar-refractivity contribution in [1.29, 1.82) is 0 Å². The predicted octanol–water partition coefficient (Wildman–Crippen LogP) is 2.96. The quantitative estimate of drug-likeness (QED) is 0.913. The summed E-state index contributed by atoms with van der Waals surface area (Å²) in [4.78, 5) is 18.7. The van der Waals surface area contributed by atoms with E-state index in [1.807, 2.05) is 46.8 Å². The lowest BCUT2D eigenvalue weighted by molar-refractivity contribution is 0.0930. The van der Waals surface area contributed by atoms with Crippen molar-refractivity contribution in [3.63, 3.8) is 0 Å². The van der Waals surface area contributed by atoms with Gasteiger partial charge in [0.15, 0.2) is 0 Å². The highest BCUT2D eigenvalue weighted by Crippen LogP contribution is 2.22. The highest BCUT2D eigenvalue weighted by molar-refractivity contribution is 7.12. The zero-order valence-corrected chi connectivity index (χ0v) is 13.3. The largest absolute Gasteiger partial charge is 0.342 e. The van der Waals surface area contributed by atoms with Crippen molar-refractivity contribution in [1.82, 2.24) is 20.5 Å². The van der Waals surface area contributed by atoms with E-state index in [2.05, 4.69) is 20.5 Å². The number of carbonyl (C=O) groups excluding carboxylic acids is 1. The number of aryl methyl sites for hydroxylation is 1. The van der Waals surface area contributed by atoms with Crippen LogP contribution in [-0.4, -0.2) is 21.1 Å². The molecule has 0 fully saturated rings. The summed E-state index contributed by atoms with van der Waals surface area (Å²) in [5, 5.41) is 9.73. The first-order chi connectivity index (χ1) is 9.27. The van der Waals surface area contributed by atoms with Gasteiger partial charge in [0.2, 0.25) is 5.82 Å². The normalized spacial score (nSPS) is 13.2. The average molecular weight is 292 g/mol. The van der Waals surface area contributed by atoms with Crippen LogP contribution in [0.4, 0.5) is 0 Å². The first-order valence-corrected chi connectivity index (χ1v) is 7.39. The van der Waals surface area contributed by atoms with Crippen molar-refractivity contribution in [2.24, 2.45) is 0 Å². The number of hydrogen-bond acceptors (Lipinski definition) is 4. The molecule has 1 amide bonds. The number of nitrogens with zero attached hydrogens (tertiary/aromatic N) is 2. The van der Waals surface area contributed by atoms with Gasteiger partial charge in [-0.15, -0.1) is 16.4 Å². The molecule has 5 nitrogen and oxygen atoms in total. The molecule has 0 radical (unpaired) electrons. The van der Waals surface area contributed by atoms with Gasteiger partial charge >= 0.3 is 0 Å². The van der Waals surface area contributed by atoms with Crippen molar-refractivity contribution in [3.8, 4) is 0 Å². The van der Waals surface area contributed by atoms with Gasteiger partial charge in [-0.1, -0.05) is 20.8 Å². The lowest BCUT2D eigenvalue weighted by atomic mass is 9.96. The summed E-state index contributed by atoms with van der Waals surface area (Å²) in [7, 11) is 0. The Balaban J connectivity index is 2.07. The van der Waals surface area contributed by atoms with Crippen LogP contribution in [0, 0.1) is 6.92 Å².